The molecule has 0 spiro atoms. The largest absolute Gasteiger partial charge is 0.481 e. The molecule has 1 aliphatic heterocycles. The normalized spacial score (nSPS) is 27.3. The van der Waals surface area contributed by atoms with Crippen LogP contribution in [0.2, 0.25) is 0 Å². The minimum atomic E-state index is -0.907. The Bertz CT molecular complexity index is 254. The summed E-state index contributed by atoms with van der Waals surface area (Å²) in [5, 5.41) is 11.2. The van der Waals surface area contributed by atoms with Crippen molar-refractivity contribution in [1.29, 1.82) is 0 Å². The molecule has 0 aromatic heterocycles. The molecule has 5 nitrogen and oxygen atoms in total. The highest BCUT2D eigenvalue weighted by atomic mass is 16.5. The van der Waals surface area contributed by atoms with Crippen LogP contribution < -0.4 is 5.32 Å². The highest BCUT2D eigenvalue weighted by Crippen LogP contribution is 2.19. The summed E-state index contributed by atoms with van der Waals surface area (Å²) in [6.45, 7) is 4.27. The SMILES string of the molecule is CC(CNC(=O)C1OCCC1C)C(=O)O. The van der Waals surface area contributed by atoms with E-state index < -0.39 is 18.0 Å². The molecule has 3 atom stereocenters. The monoisotopic (exact) mass is 215 g/mol. The molecule has 1 rings (SSSR count). The van der Waals surface area contributed by atoms with Gasteiger partial charge in [-0.1, -0.05) is 13.8 Å². The second kappa shape index (κ2) is 5.11. The second-order valence-corrected chi connectivity index (χ2v) is 4.04. The number of nitrogens with one attached hydrogen (secondary N) is 1. The Morgan fingerprint density at radius 3 is 2.73 bits per heavy atom. The van der Waals surface area contributed by atoms with Gasteiger partial charge < -0.3 is 15.2 Å². The van der Waals surface area contributed by atoms with Crippen molar-refractivity contribution in [3.8, 4) is 0 Å². The topological polar surface area (TPSA) is 75.6 Å². The van der Waals surface area contributed by atoms with Gasteiger partial charge in [-0.2, -0.15) is 0 Å². The van der Waals surface area contributed by atoms with Gasteiger partial charge >= 0.3 is 5.97 Å². The number of rotatable bonds is 4. The number of carbonyl (C=O) groups excluding carboxylic acids is 1. The first-order valence-electron chi connectivity index (χ1n) is 5.14. The zero-order valence-corrected chi connectivity index (χ0v) is 9.03. The average molecular weight is 215 g/mol. The van der Waals surface area contributed by atoms with Crippen molar-refractivity contribution in [2.24, 2.45) is 11.8 Å². The molecule has 86 valence electrons. The lowest BCUT2D eigenvalue weighted by Crippen LogP contribution is -2.40. The van der Waals surface area contributed by atoms with E-state index in [0.717, 1.165) is 6.42 Å². The lowest BCUT2D eigenvalue weighted by molar-refractivity contribution is -0.141. The van der Waals surface area contributed by atoms with E-state index in [1.165, 1.54) is 0 Å². The summed E-state index contributed by atoms with van der Waals surface area (Å²) in [6, 6.07) is 0. The fourth-order valence-electron chi connectivity index (χ4n) is 1.47. The minimum absolute atomic E-state index is 0.154. The zero-order chi connectivity index (χ0) is 11.4. The van der Waals surface area contributed by atoms with E-state index >= 15 is 0 Å². The second-order valence-electron chi connectivity index (χ2n) is 4.04. The number of amides is 1. The maximum atomic E-state index is 11.6. The predicted octanol–water partition coefficient (Wildman–Crippen LogP) is 0.248. The molecule has 15 heavy (non-hydrogen) atoms. The molecule has 0 aliphatic carbocycles. The molecule has 0 saturated carbocycles. The first kappa shape index (κ1) is 12.0. The standard InChI is InChI=1S/C10H17NO4/c1-6-3-4-15-8(6)9(12)11-5-7(2)10(13)14/h6-8H,3-5H2,1-2H3,(H,11,12)(H,13,14). The minimum Gasteiger partial charge on any atom is -0.481 e. The predicted molar refractivity (Wildman–Crippen MR) is 53.3 cm³/mol. The van der Waals surface area contributed by atoms with E-state index in [9.17, 15) is 9.59 Å². The van der Waals surface area contributed by atoms with Gasteiger partial charge in [0.15, 0.2) is 0 Å². The van der Waals surface area contributed by atoms with E-state index in [1.807, 2.05) is 6.92 Å². The molecule has 3 unspecified atom stereocenters. The number of ether oxygens (including phenoxy) is 1. The van der Waals surface area contributed by atoms with Crippen molar-refractivity contribution in [2.75, 3.05) is 13.2 Å². The number of carboxylic acid groups (broad SMARTS) is 1. The molecule has 0 aromatic carbocycles. The molecule has 1 heterocycles. The van der Waals surface area contributed by atoms with Crippen LogP contribution >= 0.6 is 0 Å². The van der Waals surface area contributed by atoms with Gasteiger partial charge in [-0.05, 0) is 12.3 Å². The van der Waals surface area contributed by atoms with Crippen LogP contribution in [0.1, 0.15) is 20.3 Å². The Morgan fingerprint density at radius 1 is 1.60 bits per heavy atom. The Labute approximate surface area is 88.8 Å². The third-order valence-electron chi connectivity index (χ3n) is 2.65. The summed E-state index contributed by atoms with van der Waals surface area (Å²) in [5.74, 6) is -1.46. The fraction of sp³-hybridized carbons (Fsp3) is 0.800. The summed E-state index contributed by atoms with van der Waals surface area (Å²) < 4.78 is 5.26. The summed E-state index contributed by atoms with van der Waals surface area (Å²) in [6.07, 6.45) is 0.470. The van der Waals surface area contributed by atoms with E-state index in [2.05, 4.69) is 5.32 Å². The van der Waals surface area contributed by atoms with Crippen LogP contribution in [-0.2, 0) is 14.3 Å². The third kappa shape index (κ3) is 3.20. The van der Waals surface area contributed by atoms with Gasteiger partial charge in [-0.15, -0.1) is 0 Å². The Hall–Kier alpha value is -1.10. The van der Waals surface area contributed by atoms with Gasteiger partial charge in [0.25, 0.3) is 0 Å². The van der Waals surface area contributed by atoms with Crippen LogP contribution in [0, 0.1) is 11.8 Å². The number of hydrogen-bond donors (Lipinski definition) is 2. The summed E-state index contributed by atoms with van der Waals surface area (Å²) >= 11 is 0. The van der Waals surface area contributed by atoms with Crippen LogP contribution in [0.4, 0.5) is 0 Å². The number of carboxylic acids is 1. The van der Waals surface area contributed by atoms with E-state index in [4.69, 9.17) is 9.84 Å². The van der Waals surface area contributed by atoms with Gasteiger partial charge in [-0.25, -0.2) is 0 Å². The Kier molecular flexibility index (Phi) is 4.08. The smallest absolute Gasteiger partial charge is 0.308 e. The number of carbonyl (C=O) groups is 2. The zero-order valence-electron chi connectivity index (χ0n) is 9.03. The molecule has 2 N–H and O–H groups in total. The quantitative estimate of drug-likeness (QED) is 0.704. The average Bonchev–Trinajstić information content (AvgIpc) is 2.60. The Balaban J connectivity index is 2.32. The maximum absolute atomic E-state index is 11.6. The maximum Gasteiger partial charge on any atom is 0.308 e. The van der Waals surface area contributed by atoms with Crippen LogP contribution in [-0.4, -0.2) is 36.2 Å². The van der Waals surface area contributed by atoms with Gasteiger partial charge in [0.1, 0.15) is 6.10 Å². The highest BCUT2D eigenvalue weighted by Gasteiger charge is 2.30. The summed E-state index contributed by atoms with van der Waals surface area (Å²) in [5.41, 5.74) is 0. The molecular weight excluding hydrogens is 198 g/mol. The van der Waals surface area contributed by atoms with Crippen molar-refractivity contribution >= 4 is 11.9 Å². The molecule has 1 amide bonds. The van der Waals surface area contributed by atoms with Gasteiger partial charge in [0, 0.05) is 13.2 Å². The molecule has 5 heteroatoms. The van der Waals surface area contributed by atoms with Crippen molar-refractivity contribution < 1.29 is 19.4 Å². The molecule has 1 aliphatic rings. The van der Waals surface area contributed by atoms with Gasteiger partial charge in [0.05, 0.1) is 5.92 Å². The molecular formula is C10H17NO4. The lowest BCUT2D eigenvalue weighted by atomic mass is 10.0. The molecule has 0 radical (unpaired) electrons. The fourth-order valence-corrected chi connectivity index (χ4v) is 1.47. The van der Waals surface area contributed by atoms with E-state index in [-0.39, 0.29) is 18.4 Å². The first-order chi connectivity index (χ1) is 7.02. The van der Waals surface area contributed by atoms with Crippen molar-refractivity contribution in [3.05, 3.63) is 0 Å². The van der Waals surface area contributed by atoms with Crippen LogP contribution in [0.15, 0.2) is 0 Å². The van der Waals surface area contributed by atoms with Crippen LogP contribution in [0.25, 0.3) is 0 Å². The Morgan fingerprint density at radius 2 is 2.27 bits per heavy atom. The van der Waals surface area contributed by atoms with Gasteiger partial charge in [-0.3, -0.25) is 9.59 Å². The van der Waals surface area contributed by atoms with Crippen molar-refractivity contribution in [3.63, 3.8) is 0 Å². The van der Waals surface area contributed by atoms with Crippen LogP contribution in [0.3, 0.4) is 0 Å². The first-order valence-corrected chi connectivity index (χ1v) is 5.14. The molecule has 1 fully saturated rings. The van der Waals surface area contributed by atoms with Crippen LogP contribution in [0.5, 0.6) is 0 Å². The van der Waals surface area contributed by atoms with Gasteiger partial charge in [0.2, 0.25) is 5.91 Å². The molecule has 0 aromatic rings. The molecule has 0 bridgehead atoms. The highest BCUT2D eigenvalue weighted by molar-refractivity contribution is 5.82. The number of hydrogen-bond acceptors (Lipinski definition) is 3. The molecule has 1 saturated heterocycles. The number of aliphatic carboxylic acids is 1. The lowest BCUT2D eigenvalue weighted by Gasteiger charge is -2.15. The van der Waals surface area contributed by atoms with Crippen molar-refractivity contribution in [1.82, 2.24) is 5.32 Å². The summed E-state index contributed by atoms with van der Waals surface area (Å²) in [4.78, 5) is 22.1. The van der Waals surface area contributed by atoms with Crippen molar-refractivity contribution in [2.45, 2.75) is 26.4 Å². The summed E-state index contributed by atoms with van der Waals surface area (Å²) in [7, 11) is 0. The third-order valence-corrected chi connectivity index (χ3v) is 2.65. The van der Waals surface area contributed by atoms with E-state index in [1.54, 1.807) is 6.92 Å². The van der Waals surface area contributed by atoms with E-state index in [0.29, 0.717) is 6.61 Å².